The fourth-order valence-electron chi connectivity index (χ4n) is 2.13. The lowest BCUT2D eigenvalue weighted by Crippen LogP contribution is -2.45. The Bertz CT molecular complexity index is 550. The van der Waals surface area contributed by atoms with Crippen LogP contribution in [0.2, 0.25) is 0 Å². The molecule has 0 spiro atoms. The van der Waals surface area contributed by atoms with E-state index in [0.29, 0.717) is 12.5 Å². The largest absolute Gasteiger partial charge is 0.358 e. The Balaban J connectivity index is 2.40. The lowest BCUT2D eigenvalue weighted by molar-refractivity contribution is -0.384. The first-order valence-electron chi connectivity index (χ1n) is 6.03. The van der Waals surface area contributed by atoms with Gasteiger partial charge in [0.25, 0.3) is 0 Å². The summed E-state index contributed by atoms with van der Waals surface area (Å²) in [6, 6.07) is 3.15. The predicted molar refractivity (Wildman–Crippen MR) is 69.4 cm³/mol. The van der Waals surface area contributed by atoms with Crippen molar-refractivity contribution in [2.45, 2.75) is 25.3 Å². The Morgan fingerprint density at radius 1 is 1.74 bits per heavy atom. The molecule has 0 saturated heterocycles. The quantitative estimate of drug-likeness (QED) is 0.611. The molecule has 1 heterocycles. The summed E-state index contributed by atoms with van der Waals surface area (Å²) in [5, 5.41) is 23.1. The zero-order valence-electron chi connectivity index (χ0n) is 10.6. The van der Waals surface area contributed by atoms with Gasteiger partial charge in [0.2, 0.25) is 5.82 Å². The van der Waals surface area contributed by atoms with Crippen LogP contribution in [0.4, 0.5) is 11.5 Å². The number of nitrogens with two attached hydrogens (primary N) is 1. The molecule has 1 fully saturated rings. The lowest BCUT2D eigenvalue weighted by Gasteiger charge is -2.29. The van der Waals surface area contributed by atoms with E-state index in [-0.39, 0.29) is 17.1 Å². The molecule has 1 aliphatic rings. The van der Waals surface area contributed by atoms with Gasteiger partial charge < -0.3 is 11.1 Å². The summed E-state index contributed by atoms with van der Waals surface area (Å²) >= 11 is 0. The van der Waals surface area contributed by atoms with Gasteiger partial charge in [-0.25, -0.2) is 4.98 Å². The smallest absolute Gasteiger partial charge is 0.328 e. The Hall–Kier alpha value is -2.20. The number of anilines is 1. The standard InChI is InChI=1S/C12H15N5O2/c1-12(7-14,9-2-3-9)16-11-10(17(18)19)8(6-13)4-5-15-11/h4-5,9H,2-3,7,14H2,1H3,(H,15,16). The SMILES string of the molecule is CC(CN)(Nc1nccc(C#N)c1[N+](=O)[O-])C1CC1. The van der Waals surface area contributed by atoms with E-state index in [1.807, 2.05) is 13.0 Å². The third kappa shape index (κ3) is 2.48. The zero-order valence-corrected chi connectivity index (χ0v) is 10.6. The van der Waals surface area contributed by atoms with Crippen LogP contribution in [0.25, 0.3) is 0 Å². The number of aromatic nitrogens is 1. The fraction of sp³-hybridized carbons (Fsp3) is 0.500. The summed E-state index contributed by atoms with van der Waals surface area (Å²) in [6.45, 7) is 2.28. The number of nitro groups is 1. The lowest BCUT2D eigenvalue weighted by atomic mass is 9.96. The Morgan fingerprint density at radius 2 is 2.42 bits per heavy atom. The maximum Gasteiger partial charge on any atom is 0.328 e. The van der Waals surface area contributed by atoms with E-state index in [0.717, 1.165) is 12.8 Å². The molecule has 19 heavy (non-hydrogen) atoms. The molecule has 1 aromatic rings. The maximum atomic E-state index is 11.1. The molecular formula is C12H15N5O2. The number of hydrogen-bond acceptors (Lipinski definition) is 6. The normalized spacial score (nSPS) is 17.3. The molecule has 0 radical (unpaired) electrons. The minimum Gasteiger partial charge on any atom is -0.358 e. The van der Waals surface area contributed by atoms with Crippen molar-refractivity contribution < 1.29 is 4.92 Å². The second kappa shape index (κ2) is 4.82. The van der Waals surface area contributed by atoms with Gasteiger partial charge >= 0.3 is 5.69 Å². The number of nitriles is 1. The van der Waals surface area contributed by atoms with Gasteiger partial charge in [-0.05, 0) is 31.7 Å². The van der Waals surface area contributed by atoms with Crippen LogP contribution in [0.5, 0.6) is 0 Å². The van der Waals surface area contributed by atoms with Crippen LogP contribution in [-0.4, -0.2) is 22.0 Å². The van der Waals surface area contributed by atoms with Crippen molar-refractivity contribution >= 4 is 11.5 Å². The second-order valence-corrected chi connectivity index (χ2v) is 4.95. The van der Waals surface area contributed by atoms with E-state index < -0.39 is 10.5 Å². The molecule has 100 valence electrons. The second-order valence-electron chi connectivity index (χ2n) is 4.95. The number of nitrogens with zero attached hydrogens (tertiary/aromatic N) is 3. The Kier molecular flexibility index (Phi) is 3.36. The molecule has 0 amide bonds. The van der Waals surface area contributed by atoms with E-state index in [1.54, 1.807) is 0 Å². The first-order chi connectivity index (χ1) is 9.01. The van der Waals surface area contributed by atoms with Gasteiger partial charge in [-0.2, -0.15) is 5.26 Å². The maximum absolute atomic E-state index is 11.1. The molecule has 1 unspecified atom stereocenters. The van der Waals surface area contributed by atoms with Crippen LogP contribution in [-0.2, 0) is 0 Å². The minimum atomic E-state index is -0.586. The summed E-state index contributed by atoms with van der Waals surface area (Å²) in [5.41, 5.74) is 5.05. The van der Waals surface area contributed by atoms with Crippen LogP contribution >= 0.6 is 0 Å². The molecule has 0 aliphatic heterocycles. The van der Waals surface area contributed by atoms with Crippen LogP contribution in [0.3, 0.4) is 0 Å². The summed E-state index contributed by atoms with van der Waals surface area (Å²) in [5.74, 6) is 0.508. The van der Waals surface area contributed by atoms with Crippen molar-refractivity contribution in [2.24, 2.45) is 11.7 Å². The van der Waals surface area contributed by atoms with E-state index in [9.17, 15) is 10.1 Å². The zero-order chi connectivity index (χ0) is 14.0. The number of rotatable bonds is 5. The van der Waals surface area contributed by atoms with Crippen LogP contribution in [0.1, 0.15) is 25.3 Å². The van der Waals surface area contributed by atoms with Crippen LogP contribution in [0.15, 0.2) is 12.3 Å². The summed E-state index contributed by atoms with van der Waals surface area (Å²) in [7, 11) is 0. The molecule has 1 aromatic heterocycles. The van der Waals surface area contributed by atoms with E-state index in [2.05, 4.69) is 10.3 Å². The first kappa shape index (κ1) is 13.2. The van der Waals surface area contributed by atoms with Crippen molar-refractivity contribution in [1.82, 2.24) is 4.98 Å². The van der Waals surface area contributed by atoms with Gasteiger partial charge in [-0.1, -0.05) is 0 Å². The van der Waals surface area contributed by atoms with Crippen LogP contribution in [0, 0.1) is 27.4 Å². The van der Waals surface area contributed by atoms with Crippen molar-refractivity contribution in [3.8, 4) is 6.07 Å². The van der Waals surface area contributed by atoms with E-state index >= 15 is 0 Å². The Morgan fingerprint density at radius 3 is 2.89 bits per heavy atom. The van der Waals surface area contributed by atoms with E-state index in [1.165, 1.54) is 12.3 Å². The summed E-state index contributed by atoms with van der Waals surface area (Å²) in [6.07, 6.45) is 3.48. The van der Waals surface area contributed by atoms with Crippen LogP contribution < -0.4 is 11.1 Å². The molecule has 3 N–H and O–H groups in total. The fourth-order valence-corrected chi connectivity index (χ4v) is 2.13. The Labute approximate surface area is 110 Å². The molecule has 1 saturated carbocycles. The van der Waals surface area contributed by atoms with Crippen molar-refractivity contribution in [2.75, 3.05) is 11.9 Å². The molecule has 7 heteroatoms. The highest BCUT2D eigenvalue weighted by Gasteiger charge is 2.42. The van der Waals surface area contributed by atoms with Gasteiger partial charge in [0.05, 0.1) is 10.5 Å². The average molecular weight is 261 g/mol. The topological polar surface area (TPSA) is 118 Å². The van der Waals surface area contributed by atoms with Gasteiger partial charge in [-0.15, -0.1) is 0 Å². The average Bonchev–Trinajstić information content (AvgIpc) is 3.22. The van der Waals surface area contributed by atoms with Crippen molar-refractivity contribution in [3.63, 3.8) is 0 Å². The van der Waals surface area contributed by atoms with Gasteiger partial charge in [0.1, 0.15) is 11.6 Å². The van der Waals surface area contributed by atoms with E-state index in [4.69, 9.17) is 11.0 Å². The first-order valence-corrected chi connectivity index (χ1v) is 6.03. The van der Waals surface area contributed by atoms with Gasteiger partial charge in [0, 0.05) is 12.7 Å². The monoisotopic (exact) mass is 261 g/mol. The highest BCUT2D eigenvalue weighted by Crippen LogP contribution is 2.41. The molecular weight excluding hydrogens is 246 g/mol. The molecule has 0 aromatic carbocycles. The molecule has 7 nitrogen and oxygen atoms in total. The predicted octanol–water partition coefficient (Wildman–Crippen LogP) is 1.40. The number of nitrogens with one attached hydrogen (secondary N) is 1. The minimum absolute atomic E-state index is 0.00216. The number of pyridine rings is 1. The molecule has 1 atom stereocenters. The summed E-state index contributed by atoms with van der Waals surface area (Å²) < 4.78 is 0. The van der Waals surface area contributed by atoms with Gasteiger partial charge in [-0.3, -0.25) is 10.1 Å². The highest BCUT2D eigenvalue weighted by atomic mass is 16.6. The van der Waals surface area contributed by atoms with Crippen molar-refractivity contribution in [1.29, 1.82) is 5.26 Å². The van der Waals surface area contributed by atoms with Crippen molar-refractivity contribution in [3.05, 3.63) is 27.9 Å². The summed E-state index contributed by atoms with van der Waals surface area (Å²) in [4.78, 5) is 14.5. The molecule has 2 rings (SSSR count). The third-order valence-electron chi connectivity index (χ3n) is 3.53. The molecule has 0 bridgehead atoms. The number of hydrogen-bond donors (Lipinski definition) is 2. The third-order valence-corrected chi connectivity index (χ3v) is 3.53. The highest BCUT2D eigenvalue weighted by molar-refractivity contribution is 5.65. The molecule has 1 aliphatic carbocycles. The van der Waals surface area contributed by atoms with Gasteiger partial charge in [0.15, 0.2) is 0 Å².